The maximum Gasteiger partial charge on any atom is 0.257 e. The first-order chi connectivity index (χ1) is 9.76. The number of hydrogen-bond donors (Lipinski definition) is 1. The van der Waals surface area contributed by atoms with Crippen molar-refractivity contribution in [3.05, 3.63) is 42.5 Å². The van der Waals surface area contributed by atoms with Crippen LogP contribution in [-0.4, -0.2) is 43.6 Å². The summed E-state index contributed by atoms with van der Waals surface area (Å²) in [6.07, 6.45) is 3.68. The molecule has 0 atom stereocenters. The molecule has 2 rings (SSSR count). The number of piperidine rings is 1. The van der Waals surface area contributed by atoms with Crippen molar-refractivity contribution in [1.82, 2.24) is 10.2 Å². The van der Waals surface area contributed by atoms with Crippen LogP contribution in [0.2, 0.25) is 0 Å². The molecule has 0 aromatic heterocycles. The number of nitrogens with zero attached hydrogens (tertiary/aromatic N) is 1. The number of benzene rings is 1. The van der Waals surface area contributed by atoms with Gasteiger partial charge in [-0.05, 0) is 32.0 Å². The molecule has 1 aliphatic heterocycles. The Kier molecular flexibility index (Phi) is 7.26. The average molecular weight is 311 g/mol. The fourth-order valence-corrected chi connectivity index (χ4v) is 2.46. The summed E-state index contributed by atoms with van der Waals surface area (Å²) in [5.74, 6) is 0.687. The van der Waals surface area contributed by atoms with Gasteiger partial charge >= 0.3 is 0 Å². The van der Waals surface area contributed by atoms with E-state index in [1.54, 1.807) is 6.08 Å². The van der Waals surface area contributed by atoms with Crippen LogP contribution in [0.15, 0.2) is 36.9 Å². The Hall–Kier alpha value is -1.52. The van der Waals surface area contributed by atoms with Crippen LogP contribution in [0.4, 0.5) is 0 Å². The van der Waals surface area contributed by atoms with Gasteiger partial charge in [0.05, 0.1) is 5.56 Å². The molecule has 0 radical (unpaired) electrons. The van der Waals surface area contributed by atoms with Crippen LogP contribution in [0.25, 0.3) is 0 Å². The van der Waals surface area contributed by atoms with Crippen LogP contribution >= 0.6 is 12.4 Å². The van der Waals surface area contributed by atoms with Gasteiger partial charge in [-0.1, -0.05) is 24.8 Å². The van der Waals surface area contributed by atoms with Crippen molar-refractivity contribution in [3.63, 3.8) is 0 Å². The summed E-state index contributed by atoms with van der Waals surface area (Å²) in [6, 6.07) is 7.92. The number of carbonyl (C=O) groups excluding carboxylic acids is 1. The molecular formula is C16H23ClN2O2. The highest BCUT2D eigenvalue weighted by Crippen LogP contribution is 2.22. The fraction of sp³-hybridized carbons (Fsp3) is 0.438. The third kappa shape index (κ3) is 4.48. The monoisotopic (exact) mass is 310 g/mol. The number of halogens is 1. The van der Waals surface area contributed by atoms with E-state index in [0.29, 0.717) is 24.0 Å². The van der Waals surface area contributed by atoms with Gasteiger partial charge in [-0.25, -0.2) is 0 Å². The third-order valence-corrected chi connectivity index (χ3v) is 3.66. The zero-order valence-electron chi connectivity index (χ0n) is 12.4. The molecule has 1 saturated heterocycles. The quantitative estimate of drug-likeness (QED) is 0.850. The molecule has 1 fully saturated rings. The first kappa shape index (κ1) is 17.5. The van der Waals surface area contributed by atoms with Crippen molar-refractivity contribution < 1.29 is 9.53 Å². The minimum Gasteiger partial charge on any atom is -0.489 e. The smallest absolute Gasteiger partial charge is 0.257 e. The second-order valence-corrected chi connectivity index (χ2v) is 4.95. The van der Waals surface area contributed by atoms with Crippen molar-refractivity contribution in [2.75, 3.05) is 26.7 Å². The summed E-state index contributed by atoms with van der Waals surface area (Å²) >= 11 is 0. The average Bonchev–Trinajstić information content (AvgIpc) is 2.52. The molecule has 5 heteroatoms. The lowest BCUT2D eigenvalue weighted by Gasteiger charge is -2.32. The summed E-state index contributed by atoms with van der Waals surface area (Å²) in [7, 11) is 1.97. The van der Waals surface area contributed by atoms with Gasteiger partial charge in [-0.2, -0.15) is 0 Å². The summed E-state index contributed by atoms with van der Waals surface area (Å²) < 4.78 is 5.56. The van der Waals surface area contributed by atoms with Crippen LogP contribution in [0.1, 0.15) is 23.2 Å². The summed E-state index contributed by atoms with van der Waals surface area (Å²) in [6.45, 7) is 5.62. The number of para-hydroxylation sites is 1. The summed E-state index contributed by atoms with van der Waals surface area (Å²) in [5.41, 5.74) is 0.636. The van der Waals surface area contributed by atoms with E-state index >= 15 is 0 Å². The van der Waals surface area contributed by atoms with Gasteiger partial charge in [0.1, 0.15) is 12.4 Å². The minimum absolute atomic E-state index is 0. The highest BCUT2D eigenvalue weighted by molar-refractivity contribution is 5.97. The van der Waals surface area contributed by atoms with Crippen molar-refractivity contribution in [3.8, 4) is 5.75 Å². The first-order valence-electron chi connectivity index (χ1n) is 7.05. The molecule has 1 aromatic carbocycles. The van der Waals surface area contributed by atoms with Gasteiger partial charge in [0.2, 0.25) is 0 Å². The van der Waals surface area contributed by atoms with E-state index in [-0.39, 0.29) is 18.3 Å². The van der Waals surface area contributed by atoms with E-state index in [1.165, 1.54) is 0 Å². The molecule has 0 saturated carbocycles. The molecule has 0 unspecified atom stereocenters. The topological polar surface area (TPSA) is 41.6 Å². The van der Waals surface area contributed by atoms with Gasteiger partial charge in [0.15, 0.2) is 0 Å². The molecule has 116 valence electrons. The predicted molar refractivity (Wildman–Crippen MR) is 87.4 cm³/mol. The van der Waals surface area contributed by atoms with Crippen molar-refractivity contribution in [2.45, 2.75) is 18.9 Å². The maximum atomic E-state index is 12.6. The van der Waals surface area contributed by atoms with Crippen molar-refractivity contribution in [1.29, 1.82) is 0 Å². The molecule has 1 N–H and O–H groups in total. The molecular weight excluding hydrogens is 288 g/mol. The number of rotatable bonds is 5. The molecule has 0 aliphatic carbocycles. The zero-order valence-corrected chi connectivity index (χ0v) is 13.2. The lowest BCUT2D eigenvalue weighted by atomic mass is 10.0. The number of likely N-dealkylation sites (tertiary alicyclic amines) is 1. The van der Waals surface area contributed by atoms with Gasteiger partial charge < -0.3 is 15.0 Å². The highest BCUT2D eigenvalue weighted by atomic mass is 35.5. The zero-order chi connectivity index (χ0) is 14.4. The Morgan fingerprint density at radius 2 is 2.10 bits per heavy atom. The van der Waals surface area contributed by atoms with E-state index in [4.69, 9.17) is 4.74 Å². The van der Waals surface area contributed by atoms with Crippen LogP contribution in [0.3, 0.4) is 0 Å². The predicted octanol–water partition coefficient (Wildman–Crippen LogP) is 2.50. The number of ether oxygens (including phenoxy) is 1. The molecule has 1 heterocycles. The first-order valence-corrected chi connectivity index (χ1v) is 7.05. The lowest BCUT2D eigenvalue weighted by molar-refractivity contribution is 0.0703. The minimum atomic E-state index is 0. The summed E-state index contributed by atoms with van der Waals surface area (Å²) in [5, 5.41) is 3.27. The van der Waals surface area contributed by atoms with Crippen molar-refractivity contribution >= 4 is 18.3 Å². The number of amides is 1. The third-order valence-electron chi connectivity index (χ3n) is 3.66. The van der Waals surface area contributed by atoms with Crippen LogP contribution in [0, 0.1) is 0 Å². The van der Waals surface area contributed by atoms with Crippen LogP contribution < -0.4 is 10.1 Å². The Bertz CT molecular complexity index is 471. The normalized spacial score (nSPS) is 15.2. The van der Waals surface area contributed by atoms with E-state index in [0.717, 1.165) is 25.9 Å². The molecule has 1 aliphatic rings. The number of carbonyl (C=O) groups is 1. The fourth-order valence-electron chi connectivity index (χ4n) is 2.46. The Morgan fingerprint density at radius 3 is 2.71 bits per heavy atom. The molecule has 0 bridgehead atoms. The molecule has 1 aromatic rings. The van der Waals surface area contributed by atoms with Crippen LogP contribution in [0.5, 0.6) is 5.75 Å². The van der Waals surface area contributed by atoms with Crippen molar-refractivity contribution in [2.24, 2.45) is 0 Å². The van der Waals surface area contributed by atoms with E-state index in [2.05, 4.69) is 11.9 Å². The number of nitrogens with one attached hydrogen (secondary N) is 1. The molecule has 21 heavy (non-hydrogen) atoms. The van der Waals surface area contributed by atoms with E-state index < -0.39 is 0 Å². The molecule has 1 amide bonds. The van der Waals surface area contributed by atoms with Gasteiger partial charge in [0.25, 0.3) is 5.91 Å². The van der Waals surface area contributed by atoms with Gasteiger partial charge in [-0.15, -0.1) is 12.4 Å². The van der Waals surface area contributed by atoms with E-state index in [9.17, 15) is 4.79 Å². The second-order valence-electron chi connectivity index (χ2n) is 4.95. The molecule has 4 nitrogen and oxygen atoms in total. The highest BCUT2D eigenvalue weighted by Gasteiger charge is 2.24. The van der Waals surface area contributed by atoms with Gasteiger partial charge in [0, 0.05) is 19.1 Å². The SMILES string of the molecule is C=CCOc1ccccc1C(=O)N1CCC(NC)CC1.Cl. The van der Waals surface area contributed by atoms with E-state index in [1.807, 2.05) is 36.2 Å². The standard InChI is InChI=1S/C16H22N2O2.ClH/c1-3-12-20-15-7-5-4-6-14(15)16(19)18-10-8-13(17-2)9-11-18;/h3-7,13,17H,1,8-12H2,2H3;1H. The largest absolute Gasteiger partial charge is 0.489 e. The molecule has 0 spiro atoms. The summed E-state index contributed by atoms with van der Waals surface area (Å²) in [4.78, 5) is 14.5. The Labute approximate surface area is 132 Å². The Balaban J connectivity index is 0.00000220. The van der Waals surface area contributed by atoms with Gasteiger partial charge in [-0.3, -0.25) is 4.79 Å². The van der Waals surface area contributed by atoms with Crippen LogP contribution in [-0.2, 0) is 0 Å². The number of hydrogen-bond acceptors (Lipinski definition) is 3. The maximum absolute atomic E-state index is 12.6. The Morgan fingerprint density at radius 1 is 1.43 bits per heavy atom. The second kappa shape index (κ2) is 8.70. The lowest BCUT2D eigenvalue weighted by Crippen LogP contribution is -2.44.